The predicted octanol–water partition coefficient (Wildman–Crippen LogP) is 3.88. The number of hydrogen-bond acceptors (Lipinski definition) is 2. The van der Waals surface area contributed by atoms with Gasteiger partial charge in [0.25, 0.3) is 0 Å². The molecule has 2 aromatic rings. The molecule has 0 amide bonds. The van der Waals surface area contributed by atoms with Crippen LogP contribution in [-0.4, -0.2) is 16.4 Å². The number of thioether (sulfide) groups is 1. The van der Waals surface area contributed by atoms with E-state index in [0.717, 1.165) is 13.1 Å². The Bertz CT molecular complexity index is 574. The Balaban J connectivity index is 1.64. The van der Waals surface area contributed by atoms with Crippen LogP contribution in [0.1, 0.15) is 30.9 Å². The molecule has 0 radical (unpaired) electrons. The molecule has 0 bridgehead atoms. The van der Waals surface area contributed by atoms with Crippen LogP contribution in [-0.2, 0) is 13.1 Å². The van der Waals surface area contributed by atoms with Gasteiger partial charge in [-0.2, -0.15) is 0 Å². The molecule has 0 saturated carbocycles. The Labute approximate surface area is 125 Å². The van der Waals surface area contributed by atoms with Crippen LogP contribution in [0.2, 0.25) is 0 Å². The summed E-state index contributed by atoms with van der Waals surface area (Å²) >= 11 is 1.99. The second-order valence-electron chi connectivity index (χ2n) is 5.80. The van der Waals surface area contributed by atoms with E-state index in [1.807, 2.05) is 11.8 Å². The lowest BCUT2D eigenvalue weighted by atomic mass is 10.0. The maximum atomic E-state index is 3.47. The van der Waals surface area contributed by atoms with E-state index < -0.39 is 0 Å². The van der Waals surface area contributed by atoms with E-state index in [1.54, 1.807) is 0 Å². The van der Waals surface area contributed by atoms with Crippen LogP contribution in [0.5, 0.6) is 0 Å². The molecule has 1 aromatic carbocycles. The zero-order chi connectivity index (χ0) is 13.9. The Morgan fingerprint density at radius 3 is 3.00 bits per heavy atom. The molecule has 106 valence electrons. The second kappa shape index (κ2) is 6.06. The van der Waals surface area contributed by atoms with Crippen LogP contribution in [0.15, 0.2) is 47.6 Å². The third kappa shape index (κ3) is 3.10. The van der Waals surface area contributed by atoms with Crippen LogP contribution >= 0.6 is 11.8 Å². The predicted molar refractivity (Wildman–Crippen MR) is 86.3 cm³/mol. The quantitative estimate of drug-likeness (QED) is 0.898. The second-order valence-corrected chi connectivity index (χ2v) is 6.86. The average Bonchev–Trinajstić information content (AvgIpc) is 3.05. The maximum Gasteiger partial charge on any atom is 0.0297 e. The fraction of sp³-hybridized carbons (Fsp3) is 0.412. The van der Waals surface area contributed by atoms with Crippen molar-refractivity contribution < 1.29 is 0 Å². The highest BCUT2D eigenvalue weighted by molar-refractivity contribution is 7.99. The lowest BCUT2D eigenvalue weighted by molar-refractivity contribution is 0.582. The maximum absolute atomic E-state index is 3.47. The highest BCUT2D eigenvalue weighted by Crippen LogP contribution is 2.40. The van der Waals surface area contributed by atoms with Gasteiger partial charge in [-0.1, -0.05) is 32.0 Å². The average molecular weight is 286 g/mol. The number of rotatable bonds is 5. The molecule has 1 aliphatic heterocycles. The largest absolute Gasteiger partial charge is 0.353 e. The third-order valence-electron chi connectivity index (χ3n) is 3.76. The highest BCUT2D eigenvalue weighted by Gasteiger charge is 2.22. The fourth-order valence-corrected chi connectivity index (χ4v) is 3.91. The zero-order valence-corrected chi connectivity index (χ0v) is 13.0. The summed E-state index contributed by atoms with van der Waals surface area (Å²) in [5.41, 5.74) is 2.89. The van der Waals surface area contributed by atoms with Crippen molar-refractivity contribution in [1.82, 2.24) is 9.88 Å². The molecule has 0 saturated heterocycles. The Morgan fingerprint density at radius 1 is 1.30 bits per heavy atom. The standard InChI is InChI=1S/C17H22N2S/c1-13(2)18-9-14-7-8-19(10-14)11-15-12-20-17-6-4-3-5-16(15)17/h3-8,10,13,15,18H,9,11-12H2,1-2H3. The first-order valence-corrected chi connectivity index (χ1v) is 8.30. The highest BCUT2D eigenvalue weighted by atomic mass is 32.2. The van der Waals surface area contributed by atoms with Gasteiger partial charge in [-0.3, -0.25) is 0 Å². The summed E-state index contributed by atoms with van der Waals surface area (Å²) in [4.78, 5) is 1.46. The number of nitrogens with zero attached hydrogens (tertiary/aromatic N) is 1. The van der Waals surface area contributed by atoms with Crippen LogP contribution < -0.4 is 5.32 Å². The summed E-state index contributed by atoms with van der Waals surface area (Å²) in [5.74, 6) is 1.85. The first-order valence-electron chi connectivity index (χ1n) is 7.32. The molecule has 1 aromatic heterocycles. The van der Waals surface area contributed by atoms with Crippen molar-refractivity contribution >= 4 is 11.8 Å². The number of benzene rings is 1. The van der Waals surface area contributed by atoms with E-state index >= 15 is 0 Å². The SMILES string of the molecule is CC(C)NCc1ccn(CC2CSc3ccccc32)c1. The molecule has 3 rings (SSSR count). The Hall–Kier alpha value is -1.19. The van der Waals surface area contributed by atoms with Gasteiger partial charge < -0.3 is 9.88 Å². The van der Waals surface area contributed by atoms with Crippen molar-refractivity contribution in [2.24, 2.45) is 0 Å². The van der Waals surface area contributed by atoms with Crippen molar-refractivity contribution in [2.45, 2.75) is 43.8 Å². The van der Waals surface area contributed by atoms with E-state index in [1.165, 1.54) is 21.8 Å². The molecule has 1 atom stereocenters. The van der Waals surface area contributed by atoms with Gasteiger partial charge in [0, 0.05) is 48.1 Å². The minimum absolute atomic E-state index is 0.538. The van der Waals surface area contributed by atoms with Gasteiger partial charge in [0.05, 0.1) is 0 Å². The van der Waals surface area contributed by atoms with Crippen LogP contribution in [0.4, 0.5) is 0 Å². The fourth-order valence-electron chi connectivity index (χ4n) is 2.67. The Kier molecular flexibility index (Phi) is 4.18. The van der Waals surface area contributed by atoms with Crippen molar-refractivity contribution in [1.29, 1.82) is 0 Å². The van der Waals surface area contributed by atoms with Crippen molar-refractivity contribution in [2.75, 3.05) is 5.75 Å². The number of fused-ring (bicyclic) bond motifs is 1. The van der Waals surface area contributed by atoms with Gasteiger partial charge >= 0.3 is 0 Å². The molecule has 20 heavy (non-hydrogen) atoms. The van der Waals surface area contributed by atoms with E-state index in [2.05, 4.69) is 66.5 Å². The summed E-state index contributed by atoms with van der Waals surface area (Å²) in [6, 6.07) is 11.6. The molecule has 1 N–H and O–H groups in total. The number of hydrogen-bond donors (Lipinski definition) is 1. The smallest absolute Gasteiger partial charge is 0.0297 e. The van der Waals surface area contributed by atoms with Crippen LogP contribution in [0, 0.1) is 0 Å². The molecule has 3 heteroatoms. The lowest BCUT2D eigenvalue weighted by Gasteiger charge is -2.12. The normalized spacial score (nSPS) is 17.6. The van der Waals surface area contributed by atoms with Crippen LogP contribution in [0.25, 0.3) is 0 Å². The summed E-state index contributed by atoms with van der Waals surface area (Å²) < 4.78 is 2.34. The minimum atomic E-state index is 0.538. The first kappa shape index (κ1) is 13.8. The van der Waals surface area contributed by atoms with Gasteiger partial charge in [0.2, 0.25) is 0 Å². The lowest BCUT2D eigenvalue weighted by Crippen LogP contribution is -2.21. The van der Waals surface area contributed by atoms with Gasteiger partial charge in [-0.05, 0) is 23.3 Å². The van der Waals surface area contributed by atoms with Crippen molar-refractivity contribution in [3.63, 3.8) is 0 Å². The molecule has 0 fully saturated rings. The number of nitrogens with one attached hydrogen (secondary N) is 1. The molecule has 0 spiro atoms. The monoisotopic (exact) mass is 286 g/mol. The summed E-state index contributed by atoms with van der Waals surface area (Å²) in [7, 11) is 0. The molecular formula is C17H22N2S. The molecule has 1 aliphatic rings. The Morgan fingerprint density at radius 2 is 2.15 bits per heavy atom. The van der Waals surface area contributed by atoms with E-state index in [9.17, 15) is 0 Å². The minimum Gasteiger partial charge on any atom is -0.353 e. The molecule has 2 heterocycles. The van der Waals surface area contributed by atoms with Gasteiger partial charge in [0.1, 0.15) is 0 Å². The molecular weight excluding hydrogens is 264 g/mol. The number of aromatic nitrogens is 1. The van der Waals surface area contributed by atoms with E-state index in [4.69, 9.17) is 0 Å². The third-order valence-corrected chi connectivity index (χ3v) is 5.01. The van der Waals surface area contributed by atoms with Crippen molar-refractivity contribution in [3.05, 3.63) is 53.9 Å². The van der Waals surface area contributed by atoms with E-state index in [-0.39, 0.29) is 0 Å². The van der Waals surface area contributed by atoms with Gasteiger partial charge in [-0.15, -0.1) is 11.8 Å². The molecule has 0 aliphatic carbocycles. The topological polar surface area (TPSA) is 17.0 Å². The van der Waals surface area contributed by atoms with Crippen LogP contribution in [0.3, 0.4) is 0 Å². The van der Waals surface area contributed by atoms with Gasteiger partial charge in [-0.25, -0.2) is 0 Å². The molecule has 1 unspecified atom stereocenters. The molecule has 2 nitrogen and oxygen atoms in total. The summed E-state index contributed by atoms with van der Waals surface area (Å²) in [5, 5.41) is 3.47. The van der Waals surface area contributed by atoms with Gasteiger partial charge in [0.15, 0.2) is 0 Å². The summed E-state index contributed by atoms with van der Waals surface area (Å²) in [6.07, 6.45) is 4.49. The zero-order valence-electron chi connectivity index (χ0n) is 12.2. The van der Waals surface area contributed by atoms with E-state index in [0.29, 0.717) is 12.0 Å². The van der Waals surface area contributed by atoms with Crippen molar-refractivity contribution in [3.8, 4) is 0 Å². The first-order chi connectivity index (χ1) is 9.72. The summed E-state index contributed by atoms with van der Waals surface area (Å²) in [6.45, 7) is 6.42.